The van der Waals surface area contributed by atoms with Gasteiger partial charge in [0.2, 0.25) is 0 Å². The Labute approximate surface area is 231 Å². The van der Waals surface area contributed by atoms with Crippen LogP contribution in [0.25, 0.3) is 0 Å². The second-order valence-corrected chi connectivity index (χ2v) is 10.6. The molecule has 0 spiro atoms. The first-order valence-corrected chi connectivity index (χ1v) is 13.9. The quantitative estimate of drug-likeness (QED) is 0.202. The van der Waals surface area contributed by atoms with Crippen molar-refractivity contribution in [3.8, 4) is 0 Å². The van der Waals surface area contributed by atoms with Gasteiger partial charge in [0.1, 0.15) is 6.61 Å². The molecule has 0 aliphatic rings. The number of para-hydroxylation sites is 1. The van der Waals surface area contributed by atoms with Crippen molar-refractivity contribution in [2.24, 2.45) is 0 Å². The number of hydrogen-bond acceptors (Lipinski definition) is 3. The summed E-state index contributed by atoms with van der Waals surface area (Å²) >= 11 is 0. The molecule has 2 rings (SSSR count). The summed E-state index contributed by atoms with van der Waals surface area (Å²) in [5, 5.41) is 3.41. The molecule has 0 bridgehead atoms. The highest BCUT2D eigenvalue weighted by atomic mass is 16.5. The third-order valence-corrected chi connectivity index (χ3v) is 6.82. The van der Waals surface area contributed by atoms with E-state index in [-0.39, 0.29) is 12.6 Å². The molecule has 2 aromatic rings. The smallest absolute Gasteiger partial charge is 0.340 e. The van der Waals surface area contributed by atoms with E-state index in [0.29, 0.717) is 5.56 Å². The summed E-state index contributed by atoms with van der Waals surface area (Å²) in [6.07, 6.45) is 15.5. The van der Waals surface area contributed by atoms with Gasteiger partial charge in [-0.15, -0.1) is 0 Å². The van der Waals surface area contributed by atoms with Crippen molar-refractivity contribution in [3.05, 3.63) is 106 Å². The van der Waals surface area contributed by atoms with Crippen molar-refractivity contribution in [1.29, 1.82) is 0 Å². The lowest BCUT2D eigenvalue weighted by Gasteiger charge is -2.14. The van der Waals surface area contributed by atoms with Gasteiger partial charge in [0.05, 0.1) is 11.3 Å². The topological polar surface area (TPSA) is 38.3 Å². The molecule has 38 heavy (non-hydrogen) atoms. The van der Waals surface area contributed by atoms with Crippen molar-refractivity contribution >= 4 is 17.3 Å². The fourth-order valence-corrected chi connectivity index (χ4v) is 4.13. The highest BCUT2D eigenvalue weighted by Crippen LogP contribution is 2.25. The average molecular weight is 514 g/mol. The van der Waals surface area contributed by atoms with Gasteiger partial charge < -0.3 is 10.1 Å². The van der Waals surface area contributed by atoms with Crippen LogP contribution in [0, 0.1) is 13.8 Å². The molecule has 0 heterocycles. The fourth-order valence-electron chi connectivity index (χ4n) is 4.13. The standard InChI is InChI=1S/C35H47NO2/c1-26(2)14-10-15-27(3)16-11-17-28(4)18-12-19-29(5)24-25-38-35(37)32-21-8-9-22-34(32)36-33-23-13-20-30(6)31(33)7/h8-9,13-14,16,18,20-24,36H,10-12,15,17,19,25H2,1-7H3. The first kappa shape index (κ1) is 30.9. The van der Waals surface area contributed by atoms with Gasteiger partial charge in [-0.05, 0) is 122 Å². The Hall–Kier alpha value is -3.33. The summed E-state index contributed by atoms with van der Waals surface area (Å²) in [5.41, 5.74) is 10.2. The normalized spacial score (nSPS) is 12.3. The van der Waals surface area contributed by atoms with E-state index in [1.54, 1.807) is 6.07 Å². The number of anilines is 2. The zero-order valence-corrected chi connectivity index (χ0v) is 24.6. The number of carbonyl (C=O) groups excluding carboxylic acids is 1. The summed E-state index contributed by atoms with van der Waals surface area (Å²) < 4.78 is 5.59. The van der Waals surface area contributed by atoms with Crippen LogP contribution >= 0.6 is 0 Å². The SMILES string of the molecule is CC(C)=CCCC(C)=CCCC(C)=CCCC(C)=CCOC(=O)c1ccccc1Nc1cccc(C)c1C. The minimum absolute atomic E-state index is 0.280. The Bertz CT molecular complexity index is 1180. The lowest BCUT2D eigenvalue weighted by atomic mass is 10.0. The summed E-state index contributed by atoms with van der Waals surface area (Å²) in [6, 6.07) is 13.6. The van der Waals surface area contributed by atoms with Crippen LogP contribution in [0.3, 0.4) is 0 Å². The molecule has 0 aromatic heterocycles. The largest absolute Gasteiger partial charge is 0.458 e. The number of hydrogen-bond donors (Lipinski definition) is 1. The van der Waals surface area contributed by atoms with E-state index in [0.717, 1.165) is 49.9 Å². The minimum atomic E-state index is -0.317. The fraction of sp³-hybridized carbons (Fsp3) is 0.400. The second-order valence-electron chi connectivity index (χ2n) is 10.6. The predicted octanol–water partition coefficient (Wildman–Crippen LogP) is 10.3. The lowest BCUT2D eigenvalue weighted by Crippen LogP contribution is -2.09. The number of nitrogens with one attached hydrogen (secondary N) is 1. The molecular formula is C35H47NO2. The number of allylic oxidation sites excluding steroid dienone is 7. The van der Waals surface area contributed by atoms with Gasteiger partial charge in [0, 0.05) is 5.69 Å². The molecule has 0 fully saturated rings. The monoisotopic (exact) mass is 513 g/mol. The van der Waals surface area contributed by atoms with Gasteiger partial charge >= 0.3 is 5.97 Å². The second kappa shape index (κ2) is 16.5. The molecule has 204 valence electrons. The summed E-state index contributed by atoms with van der Waals surface area (Å²) in [7, 11) is 0. The van der Waals surface area contributed by atoms with E-state index in [9.17, 15) is 4.79 Å². The Morgan fingerprint density at radius 2 is 1.26 bits per heavy atom. The van der Waals surface area contributed by atoms with Gasteiger partial charge in [-0.25, -0.2) is 4.79 Å². The number of ether oxygens (including phenoxy) is 1. The van der Waals surface area contributed by atoms with Crippen LogP contribution in [-0.4, -0.2) is 12.6 Å². The molecule has 0 saturated carbocycles. The molecule has 0 amide bonds. The average Bonchev–Trinajstić information content (AvgIpc) is 2.87. The molecule has 0 aliphatic heterocycles. The van der Waals surface area contributed by atoms with Crippen LogP contribution in [0.5, 0.6) is 0 Å². The maximum Gasteiger partial charge on any atom is 0.340 e. The molecule has 2 aromatic carbocycles. The first-order valence-electron chi connectivity index (χ1n) is 13.9. The van der Waals surface area contributed by atoms with E-state index >= 15 is 0 Å². The van der Waals surface area contributed by atoms with Crippen molar-refractivity contribution in [1.82, 2.24) is 0 Å². The Balaban J connectivity index is 1.79. The highest BCUT2D eigenvalue weighted by molar-refractivity contribution is 5.96. The van der Waals surface area contributed by atoms with E-state index in [1.807, 2.05) is 36.4 Å². The molecule has 0 saturated heterocycles. The molecule has 3 heteroatoms. The minimum Gasteiger partial charge on any atom is -0.458 e. The molecule has 0 aliphatic carbocycles. The van der Waals surface area contributed by atoms with E-state index in [1.165, 1.54) is 33.4 Å². The van der Waals surface area contributed by atoms with Gasteiger partial charge in [-0.2, -0.15) is 0 Å². The molecule has 1 N–H and O–H groups in total. The van der Waals surface area contributed by atoms with E-state index < -0.39 is 0 Å². The summed E-state index contributed by atoms with van der Waals surface area (Å²) in [4.78, 5) is 12.8. The summed E-state index contributed by atoms with van der Waals surface area (Å²) in [5.74, 6) is -0.317. The predicted molar refractivity (Wildman–Crippen MR) is 164 cm³/mol. The highest BCUT2D eigenvalue weighted by Gasteiger charge is 2.13. The van der Waals surface area contributed by atoms with E-state index in [2.05, 4.69) is 78.1 Å². The number of rotatable bonds is 14. The Morgan fingerprint density at radius 1 is 0.711 bits per heavy atom. The van der Waals surface area contributed by atoms with Gasteiger partial charge in [-0.3, -0.25) is 0 Å². The maximum absolute atomic E-state index is 12.8. The maximum atomic E-state index is 12.8. The molecule has 3 nitrogen and oxygen atoms in total. The van der Waals surface area contributed by atoms with Crippen LogP contribution in [0.2, 0.25) is 0 Å². The summed E-state index contributed by atoms with van der Waals surface area (Å²) in [6.45, 7) is 15.3. The van der Waals surface area contributed by atoms with Crippen molar-refractivity contribution in [2.45, 2.75) is 87.0 Å². The van der Waals surface area contributed by atoms with Crippen LogP contribution in [0.15, 0.2) is 89.1 Å². The zero-order valence-electron chi connectivity index (χ0n) is 24.6. The number of benzene rings is 2. The van der Waals surface area contributed by atoms with Crippen LogP contribution in [0.4, 0.5) is 11.4 Å². The third-order valence-electron chi connectivity index (χ3n) is 6.82. The van der Waals surface area contributed by atoms with Crippen LogP contribution in [0.1, 0.15) is 94.6 Å². The molecule has 0 unspecified atom stereocenters. The third kappa shape index (κ3) is 11.4. The van der Waals surface area contributed by atoms with Gasteiger partial charge in [0.25, 0.3) is 0 Å². The lowest BCUT2D eigenvalue weighted by molar-refractivity contribution is 0.0550. The van der Waals surface area contributed by atoms with E-state index in [4.69, 9.17) is 4.74 Å². The van der Waals surface area contributed by atoms with Gasteiger partial charge in [-0.1, -0.05) is 64.8 Å². The van der Waals surface area contributed by atoms with Crippen LogP contribution in [-0.2, 0) is 4.74 Å². The Morgan fingerprint density at radius 3 is 1.89 bits per heavy atom. The number of carbonyl (C=O) groups is 1. The van der Waals surface area contributed by atoms with Crippen molar-refractivity contribution < 1.29 is 9.53 Å². The van der Waals surface area contributed by atoms with Crippen molar-refractivity contribution in [3.63, 3.8) is 0 Å². The molecule has 0 atom stereocenters. The van der Waals surface area contributed by atoms with Crippen LogP contribution < -0.4 is 5.32 Å². The Kier molecular flexibility index (Phi) is 13.4. The number of aryl methyl sites for hydroxylation is 1. The molecule has 0 radical (unpaired) electrons. The number of esters is 1. The van der Waals surface area contributed by atoms with Crippen molar-refractivity contribution in [2.75, 3.05) is 11.9 Å². The first-order chi connectivity index (χ1) is 18.2. The van der Waals surface area contributed by atoms with Gasteiger partial charge in [0.15, 0.2) is 0 Å². The zero-order chi connectivity index (χ0) is 27.9. The molecular weight excluding hydrogens is 466 g/mol.